The van der Waals surface area contributed by atoms with Crippen molar-refractivity contribution in [2.24, 2.45) is 0 Å². The van der Waals surface area contributed by atoms with E-state index in [0.29, 0.717) is 6.42 Å². The summed E-state index contributed by atoms with van der Waals surface area (Å²) in [5.41, 5.74) is 1.87. The van der Waals surface area contributed by atoms with E-state index in [1.54, 1.807) is 0 Å². The van der Waals surface area contributed by atoms with E-state index in [0.717, 1.165) is 21.7 Å². The van der Waals surface area contributed by atoms with Crippen LogP contribution in [0.25, 0.3) is 0 Å². The van der Waals surface area contributed by atoms with Crippen molar-refractivity contribution in [3.63, 3.8) is 0 Å². The molecule has 0 aliphatic rings. The fourth-order valence-electron chi connectivity index (χ4n) is 3.79. The van der Waals surface area contributed by atoms with E-state index in [-0.39, 0.29) is 0 Å². The Balaban J connectivity index is 1.76. The van der Waals surface area contributed by atoms with Gasteiger partial charge in [-0.1, -0.05) is 97.1 Å². The van der Waals surface area contributed by atoms with Gasteiger partial charge in [0, 0.05) is 16.7 Å². The first-order valence-corrected chi connectivity index (χ1v) is 12.1. The molecule has 3 nitrogen and oxygen atoms in total. The standard InChI is InChI=1S/C27H26NO2P/c29-27(23-15-7-2-8-16-23)26(21-22-13-5-1-6-14-22)28-31(30,24-17-9-3-10-18-24)25-19-11-4-12-20-25/h1-20,26-27,29H,21H2,(H,28,30)/t26-,27+/m0/s1. The van der Waals surface area contributed by atoms with Crippen molar-refractivity contribution in [3.8, 4) is 0 Å². The molecule has 0 bridgehead atoms. The molecule has 31 heavy (non-hydrogen) atoms. The van der Waals surface area contributed by atoms with Crippen LogP contribution in [0.1, 0.15) is 17.2 Å². The van der Waals surface area contributed by atoms with Gasteiger partial charge in [-0.05, 0) is 41.8 Å². The summed E-state index contributed by atoms with van der Waals surface area (Å²) in [5.74, 6) is 0. The number of aliphatic hydroxyl groups excluding tert-OH is 1. The summed E-state index contributed by atoms with van der Waals surface area (Å²) in [4.78, 5) is 0. The van der Waals surface area contributed by atoms with Crippen LogP contribution in [0.4, 0.5) is 0 Å². The third-order valence-electron chi connectivity index (χ3n) is 5.41. The summed E-state index contributed by atoms with van der Waals surface area (Å²) < 4.78 is 14.5. The average Bonchev–Trinajstić information content (AvgIpc) is 2.85. The molecule has 0 aliphatic carbocycles. The molecule has 0 spiro atoms. The Kier molecular flexibility index (Phi) is 6.79. The second-order valence-corrected chi connectivity index (χ2v) is 10.1. The lowest BCUT2D eigenvalue weighted by Gasteiger charge is -2.30. The third kappa shape index (κ3) is 5.03. The van der Waals surface area contributed by atoms with Gasteiger partial charge < -0.3 is 5.11 Å². The summed E-state index contributed by atoms with van der Waals surface area (Å²) in [7, 11) is -3.20. The molecule has 4 heteroatoms. The van der Waals surface area contributed by atoms with Crippen LogP contribution >= 0.6 is 7.29 Å². The zero-order chi connectivity index (χ0) is 21.5. The Hall–Kier alpha value is -2.97. The van der Waals surface area contributed by atoms with Crippen molar-refractivity contribution in [2.45, 2.75) is 18.6 Å². The van der Waals surface area contributed by atoms with Gasteiger partial charge in [0.05, 0.1) is 6.10 Å². The van der Waals surface area contributed by atoms with Gasteiger partial charge in [-0.2, -0.15) is 0 Å². The highest BCUT2D eigenvalue weighted by molar-refractivity contribution is 7.76. The molecule has 0 saturated carbocycles. The van der Waals surface area contributed by atoms with Crippen LogP contribution in [0.5, 0.6) is 0 Å². The van der Waals surface area contributed by atoms with Crippen LogP contribution in [-0.2, 0) is 11.0 Å². The van der Waals surface area contributed by atoms with Crippen LogP contribution < -0.4 is 15.7 Å². The molecule has 0 amide bonds. The molecule has 0 aromatic heterocycles. The molecular weight excluding hydrogens is 401 g/mol. The maximum absolute atomic E-state index is 14.5. The maximum atomic E-state index is 14.5. The molecule has 4 aromatic carbocycles. The highest BCUT2D eigenvalue weighted by atomic mass is 31.2. The van der Waals surface area contributed by atoms with E-state index >= 15 is 0 Å². The highest BCUT2D eigenvalue weighted by Gasteiger charge is 2.33. The minimum absolute atomic E-state index is 0.448. The lowest BCUT2D eigenvalue weighted by atomic mass is 9.97. The van der Waals surface area contributed by atoms with Crippen LogP contribution in [0.2, 0.25) is 0 Å². The number of aliphatic hydroxyl groups is 1. The number of hydrogen-bond acceptors (Lipinski definition) is 2. The summed E-state index contributed by atoms with van der Waals surface area (Å²) >= 11 is 0. The highest BCUT2D eigenvalue weighted by Crippen LogP contribution is 2.41. The molecule has 0 radical (unpaired) electrons. The molecule has 4 rings (SSSR count). The average molecular weight is 427 g/mol. The minimum Gasteiger partial charge on any atom is -0.387 e. The molecule has 0 fully saturated rings. The van der Waals surface area contributed by atoms with Gasteiger partial charge in [0.1, 0.15) is 0 Å². The smallest absolute Gasteiger partial charge is 0.204 e. The van der Waals surface area contributed by atoms with Gasteiger partial charge in [-0.25, -0.2) is 0 Å². The molecule has 0 unspecified atom stereocenters. The van der Waals surface area contributed by atoms with Crippen molar-refractivity contribution in [1.82, 2.24) is 5.09 Å². The number of benzene rings is 4. The Morgan fingerprint density at radius 1 is 0.645 bits per heavy atom. The minimum atomic E-state index is -3.20. The Morgan fingerprint density at radius 3 is 1.55 bits per heavy atom. The number of rotatable bonds is 8. The molecule has 2 atom stereocenters. The predicted octanol–water partition coefficient (Wildman–Crippen LogP) is 4.85. The van der Waals surface area contributed by atoms with Crippen LogP contribution in [0, 0.1) is 0 Å². The fraction of sp³-hybridized carbons (Fsp3) is 0.111. The Labute approximate surface area is 183 Å². The van der Waals surface area contributed by atoms with Gasteiger partial charge >= 0.3 is 0 Å². The first kappa shape index (κ1) is 21.3. The summed E-state index contributed by atoms with van der Waals surface area (Å²) in [6.45, 7) is 0. The van der Waals surface area contributed by atoms with Gasteiger partial charge in [-0.3, -0.25) is 9.65 Å². The van der Waals surface area contributed by atoms with Crippen molar-refractivity contribution >= 4 is 17.9 Å². The second-order valence-electron chi connectivity index (χ2n) is 7.56. The summed E-state index contributed by atoms with van der Waals surface area (Å²) in [6, 6.07) is 38.0. The zero-order valence-electron chi connectivity index (χ0n) is 17.2. The normalized spacial score (nSPS) is 13.5. The van der Waals surface area contributed by atoms with Crippen LogP contribution in [-0.4, -0.2) is 11.1 Å². The monoisotopic (exact) mass is 427 g/mol. The molecule has 0 heterocycles. The maximum Gasteiger partial charge on any atom is 0.204 e. The summed E-state index contributed by atoms with van der Waals surface area (Å²) in [6.07, 6.45) is -0.275. The van der Waals surface area contributed by atoms with E-state index in [1.165, 1.54) is 0 Å². The van der Waals surface area contributed by atoms with Gasteiger partial charge in [0.15, 0.2) is 0 Å². The van der Waals surface area contributed by atoms with E-state index < -0.39 is 19.4 Å². The predicted molar refractivity (Wildman–Crippen MR) is 128 cm³/mol. The van der Waals surface area contributed by atoms with Crippen LogP contribution in [0.15, 0.2) is 121 Å². The van der Waals surface area contributed by atoms with Gasteiger partial charge in [0.25, 0.3) is 0 Å². The zero-order valence-corrected chi connectivity index (χ0v) is 18.1. The molecule has 2 N–H and O–H groups in total. The first-order chi connectivity index (χ1) is 15.2. The van der Waals surface area contributed by atoms with E-state index in [9.17, 15) is 9.67 Å². The number of hydrogen-bond donors (Lipinski definition) is 2. The molecule has 0 aliphatic heterocycles. The summed E-state index contributed by atoms with van der Waals surface area (Å²) in [5, 5.41) is 16.2. The van der Waals surface area contributed by atoms with Gasteiger partial charge in [0.2, 0.25) is 7.29 Å². The van der Waals surface area contributed by atoms with Crippen LogP contribution in [0.3, 0.4) is 0 Å². The lowest BCUT2D eigenvalue weighted by molar-refractivity contribution is 0.139. The SMILES string of the molecule is O=P(N[C@@H](Cc1ccccc1)[C@H](O)c1ccccc1)(c1ccccc1)c1ccccc1. The lowest BCUT2D eigenvalue weighted by Crippen LogP contribution is -2.40. The van der Waals surface area contributed by atoms with E-state index in [4.69, 9.17) is 0 Å². The Morgan fingerprint density at radius 2 is 1.06 bits per heavy atom. The molecule has 0 saturated heterocycles. The largest absolute Gasteiger partial charge is 0.387 e. The molecule has 156 valence electrons. The quantitative estimate of drug-likeness (QED) is 0.395. The molecular formula is C27H26NO2P. The molecule has 4 aromatic rings. The topological polar surface area (TPSA) is 49.3 Å². The van der Waals surface area contributed by atoms with E-state index in [1.807, 2.05) is 121 Å². The van der Waals surface area contributed by atoms with Crippen molar-refractivity contribution in [2.75, 3.05) is 0 Å². The van der Waals surface area contributed by atoms with Crippen molar-refractivity contribution in [3.05, 3.63) is 132 Å². The second kappa shape index (κ2) is 9.89. The van der Waals surface area contributed by atoms with E-state index in [2.05, 4.69) is 5.09 Å². The fourth-order valence-corrected chi connectivity index (χ4v) is 6.27. The first-order valence-electron chi connectivity index (χ1n) is 10.4. The van der Waals surface area contributed by atoms with Gasteiger partial charge in [-0.15, -0.1) is 0 Å². The van der Waals surface area contributed by atoms with Crippen molar-refractivity contribution < 1.29 is 9.67 Å². The third-order valence-corrected chi connectivity index (χ3v) is 8.15. The Bertz CT molecular complexity index is 1080. The number of nitrogens with one attached hydrogen (secondary N) is 1. The van der Waals surface area contributed by atoms with Crippen molar-refractivity contribution in [1.29, 1.82) is 0 Å².